The number of benzene rings is 1. The summed E-state index contributed by atoms with van der Waals surface area (Å²) < 4.78 is 0. The lowest BCUT2D eigenvalue weighted by Gasteiger charge is -2.11. The maximum absolute atomic E-state index is 5.80. The van der Waals surface area contributed by atoms with Gasteiger partial charge in [-0.2, -0.15) is 0 Å². The summed E-state index contributed by atoms with van der Waals surface area (Å²) in [5.41, 5.74) is 2.25. The third-order valence-electron chi connectivity index (χ3n) is 1.64. The standard InChI is InChI=1S/C8H7ClN2/c9-7-1-2-8-6(3-7)4-10-5-11-8/h1-3,5H,4H2,(H,10,11). The molecule has 0 saturated heterocycles. The van der Waals surface area contributed by atoms with E-state index in [-0.39, 0.29) is 0 Å². The Hall–Kier alpha value is -1.02. The minimum absolute atomic E-state index is 0.725. The van der Waals surface area contributed by atoms with Crippen molar-refractivity contribution in [2.24, 2.45) is 4.99 Å². The van der Waals surface area contributed by atoms with E-state index in [4.69, 9.17) is 11.6 Å². The zero-order valence-electron chi connectivity index (χ0n) is 5.84. The van der Waals surface area contributed by atoms with Gasteiger partial charge in [0.1, 0.15) is 0 Å². The topological polar surface area (TPSA) is 24.4 Å². The second-order valence-corrected chi connectivity index (χ2v) is 2.85. The minimum Gasteiger partial charge on any atom is -0.346 e. The highest BCUT2D eigenvalue weighted by atomic mass is 35.5. The van der Waals surface area contributed by atoms with E-state index in [2.05, 4.69) is 10.3 Å². The average molecular weight is 167 g/mol. The molecule has 1 aliphatic rings. The van der Waals surface area contributed by atoms with Crippen LogP contribution in [0, 0.1) is 0 Å². The Balaban J connectivity index is 2.48. The Morgan fingerprint density at radius 3 is 3.27 bits per heavy atom. The van der Waals surface area contributed by atoms with Crippen molar-refractivity contribution in [3.8, 4) is 0 Å². The van der Waals surface area contributed by atoms with Crippen LogP contribution in [-0.2, 0) is 6.54 Å². The van der Waals surface area contributed by atoms with E-state index in [1.165, 1.54) is 0 Å². The van der Waals surface area contributed by atoms with Gasteiger partial charge in [0.25, 0.3) is 0 Å². The number of aliphatic imine (C=N–C) groups is 1. The number of hydrogen-bond donors (Lipinski definition) is 1. The molecule has 0 aliphatic carbocycles. The van der Waals surface area contributed by atoms with Crippen LogP contribution in [0.15, 0.2) is 23.2 Å². The summed E-state index contributed by atoms with van der Waals surface area (Å²) in [6.45, 7) is 0.725. The van der Waals surface area contributed by atoms with Gasteiger partial charge in [0.15, 0.2) is 0 Å². The van der Waals surface area contributed by atoms with Gasteiger partial charge in [0.05, 0.1) is 12.9 Å². The van der Waals surface area contributed by atoms with Crippen molar-refractivity contribution in [3.63, 3.8) is 0 Å². The van der Waals surface area contributed by atoms with Crippen LogP contribution in [0.25, 0.3) is 0 Å². The molecule has 2 nitrogen and oxygen atoms in total. The van der Waals surface area contributed by atoms with Crippen molar-refractivity contribution in [1.29, 1.82) is 0 Å². The number of hydrogen-bond acceptors (Lipinski definition) is 2. The van der Waals surface area contributed by atoms with E-state index in [1.807, 2.05) is 18.2 Å². The number of fused-ring (bicyclic) bond motifs is 1. The van der Waals surface area contributed by atoms with E-state index >= 15 is 0 Å². The summed E-state index contributed by atoms with van der Waals surface area (Å²) in [5.74, 6) is 0. The highest BCUT2D eigenvalue weighted by molar-refractivity contribution is 6.30. The van der Waals surface area contributed by atoms with Gasteiger partial charge in [0, 0.05) is 10.7 Å². The Bertz CT molecular complexity index is 307. The summed E-state index contributed by atoms with van der Waals surface area (Å²) in [6, 6.07) is 5.76. The predicted molar refractivity (Wildman–Crippen MR) is 47.3 cm³/mol. The zero-order valence-corrected chi connectivity index (χ0v) is 6.60. The normalized spacial score (nSPS) is 13.9. The molecular formula is C8H7ClN2. The molecule has 1 N–H and O–H groups in total. The molecule has 1 aliphatic heterocycles. The largest absolute Gasteiger partial charge is 0.346 e. The van der Waals surface area contributed by atoms with Crippen LogP contribution in [0.2, 0.25) is 5.02 Å². The number of anilines is 1. The highest BCUT2D eigenvalue weighted by Gasteiger charge is 2.03. The fraction of sp³-hybridized carbons (Fsp3) is 0.125. The number of halogens is 1. The van der Waals surface area contributed by atoms with E-state index in [0.29, 0.717) is 0 Å². The van der Waals surface area contributed by atoms with Crippen LogP contribution in [0.1, 0.15) is 5.56 Å². The van der Waals surface area contributed by atoms with Gasteiger partial charge in [0.2, 0.25) is 0 Å². The van der Waals surface area contributed by atoms with Crippen LogP contribution in [-0.4, -0.2) is 6.34 Å². The molecule has 0 amide bonds. The van der Waals surface area contributed by atoms with Gasteiger partial charge in [-0.3, -0.25) is 4.99 Å². The van der Waals surface area contributed by atoms with Gasteiger partial charge in [-0.05, 0) is 23.8 Å². The van der Waals surface area contributed by atoms with E-state index in [9.17, 15) is 0 Å². The lowest BCUT2D eigenvalue weighted by Crippen LogP contribution is -2.04. The number of rotatable bonds is 0. The average Bonchev–Trinajstić information content (AvgIpc) is 2.04. The summed E-state index contributed by atoms with van der Waals surface area (Å²) in [7, 11) is 0. The van der Waals surface area contributed by atoms with Gasteiger partial charge in [-0.15, -0.1) is 0 Å². The molecule has 11 heavy (non-hydrogen) atoms. The van der Waals surface area contributed by atoms with Crippen molar-refractivity contribution in [2.45, 2.75) is 6.54 Å². The molecule has 0 atom stereocenters. The Kier molecular flexibility index (Phi) is 1.55. The molecule has 2 rings (SSSR count). The number of nitrogens with zero attached hydrogens (tertiary/aromatic N) is 1. The van der Waals surface area contributed by atoms with Crippen molar-refractivity contribution in [3.05, 3.63) is 28.8 Å². The van der Waals surface area contributed by atoms with Crippen LogP contribution in [0.3, 0.4) is 0 Å². The van der Waals surface area contributed by atoms with Crippen molar-refractivity contribution >= 4 is 23.6 Å². The zero-order chi connectivity index (χ0) is 7.68. The lowest BCUT2D eigenvalue weighted by molar-refractivity contribution is 1.06. The quantitative estimate of drug-likeness (QED) is 0.629. The summed E-state index contributed by atoms with van der Waals surface area (Å²) >= 11 is 5.80. The van der Waals surface area contributed by atoms with Gasteiger partial charge < -0.3 is 5.32 Å². The molecule has 0 saturated carbocycles. The summed E-state index contributed by atoms with van der Waals surface area (Å²) in [4.78, 5) is 4.06. The van der Waals surface area contributed by atoms with E-state index < -0.39 is 0 Å². The van der Waals surface area contributed by atoms with Crippen LogP contribution in [0.4, 0.5) is 5.69 Å². The SMILES string of the molecule is Clc1ccc2c(c1)CN=CN2. The summed E-state index contributed by atoms with van der Waals surface area (Å²) in [5, 5.41) is 3.81. The predicted octanol–water partition coefficient (Wildman–Crippen LogP) is 2.29. The molecule has 0 aromatic heterocycles. The van der Waals surface area contributed by atoms with E-state index in [1.54, 1.807) is 6.34 Å². The Morgan fingerprint density at radius 2 is 2.36 bits per heavy atom. The third-order valence-corrected chi connectivity index (χ3v) is 1.88. The van der Waals surface area contributed by atoms with Crippen LogP contribution < -0.4 is 5.32 Å². The molecular weight excluding hydrogens is 160 g/mol. The third kappa shape index (κ3) is 1.21. The first-order valence-electron chi connectivity index (χ1n) is 3.39. The molecule has 0 unspecified atom stereocenters. The second kappa shape index (κ2) is 2.55. The summed E-state index contributed by atoms with van der Waals surface area (Å²) in [6.07, 6.45) is 1.70. The smallest absolute Gasteiger partial charge is 0.0872 e. The molecule has 56 valence electrons. The number of nitrogens with one attached hydrogen (secondary N) is 1. The van der Waals surface area contributed by atoms with Gasteiger partial charge in [-0.1, -0.05) is 11.6 Å². The Morgan fingerprint density at radius 1 is 1.45 bits per heavy atom. The molecule has 0 bridgehead atoms. The maximum Gasteiger partial charge on any atom is 0.0872 e. The highest BCUT2D eigenvalue weighted by Crippen LogP contribution is 2.22. The molecule has 0 radical (unpaired) electrons. The van der Waals surface area contributed by atoms with Crippen molar-refractivity contribution < 1.29 is 0 Å². The second-order valence-electron chi connectivity index (χ2n) is 2.42. The first-order valence-corrected chi connectivity index (χ1v) is 3.77. The fourth-order valence-corrected chi connectivity index (χ4v) is 1.29. The van der Waals surface area contributed by atoms with Gasteiger partial charge >= 0.3 is 0 Å². The van der Waals surface area contributed by atoms with Crippen LogP contribution >= 0.6 is 11.6 Å². The van der Waals surface area contributed by atoms with E-state index in [0.717, 1.165) is 22.8 Å². The minimum atomic E-state index is 0.725. The molecule has 1 heterocycles. The molecule has 1 aromatic rings. The monoisotopic (exact) mass is 166 g/mol. The molecule has 3 heteroatoms. The molecule has 1 aromatic carbocycles. The molecule has 0 fully saturated rings. The van der Waals surface area contributed by atoms with Crippen molar-refractivity contribution in [1.82, 2.24) is 0 Å². The first-order chi connectivity index (χ1) is 5.36. The maximum atomic E-state index is 5.80. The van der Waals surface area contributed by atoms with Gasteiger partial charge in [-0.25, -0.2) is 0 Å². The fourth-order valence-electron chi connectivity index (χ4n) is 1.09. The lowest BCUT2D eigenvalue weighted by atomic mass is 10.1. The van der Waals surface area contributed by atoms with Crippen molar-refractivity contribution in [2.75, 3.05) is 5.32 Å². The van der Waals surface area contributed by atoms with Crippen LogP contribution in [0.5, 0.6) is 0 Å². The first kappa shape index (κ1) is 6.68. The Labute approximate surface area is 69.9 Å². The molecule has 0 spiro atoms.